The van der Waals surface area contributed by atoms with Gasteiger partial charge in [0.15, 0.2) is 11.6 Å². The summed E-state index contributed by atoms with van der Waals surface area (Å²) in [6.45, 7) is 22.5. The van der Waals surface area contributed by atoms with E-state index in [2.05, 4.69) is 41.5 Å². The molecule has 0 heterocycles. The first-order chi connectivity index (χ1) is 20.3. The largest absolute Gasteiger partial charge is 0.381 e. The standard InChI is InChI=1S/C40H60O4/c1-22(2)39(43)28(41)21-27-36(9)18-11-16-35(7,8)26(36)15-20-38(27)31-29-24(30(32(38)39)40(44,23(3)4)33(31)42)13-14-25-34(5,6)17-12-19-37(25,29)10/h21-23,25-26,30-32,43-44H,11-20H2,1-10H3/t25?,26?,30?,31?,32?,36-,37-,38?,39?,40?/m0/s1. The highest BCUT2D eigenvalue weighted by Gasteiger charge is 2.81. The van der Waals surface area contributed by atoms with Gasteiger partial charge in [-0.05, 0) is 103 Å². The average Bonchev–Trinajstić information content (AvgIpc) is 2.91. The molecule has 0 radical (unpaired) electrons. The molecule has 0 aromatic carbocycles. The van der Waals surface area contributed by atoms with E-state index in [1.807, 2.05) is 33.8 Å². The Morgan fingerprint density at radius 1 is 0.727 bits per heavy atom. The van der Waals surface area contributed by atoms with Gasteiger partial charge < -0.3 is 10.2 Å². The maximum atomic E-state index is 15.5. The Morgan fingerprint density at radius 2 is 1.27 bits per heavy atom. The fourth-order valence-corrected chi connectivity index (χ4v) is 14.5. The summed E-state index contributed by atoms with van der Waals surface area (Å²) in [5, 5.41) is 25.9. The second-order valence-electron chi connectivity index (χ2n) is 19.3. The quantitative estimate of drug-likeness (QED) is 0.311. The molecule has 8 unspecified atom stereocenters. The minimum atomic E-state index is -1.62. The highest BCUT2D eigenvalue weighted by atomic mass is 16.3. The van der Waals surface area contributed by atoms with Crippen LogP contribution in [0.5, 0.6) is 0 Å². The van der Waals surface area contributed by atoms with E-state index < -0.39 is 34.4 Å². The number of rotatable bonds is 2. The van der Waals surface area contributed by atoms with Crippen LogP contribution < -0.4 is 0 Å². The van der Waals surface area contributed by atoms with E-state index in [1.54, 1.807) is 0 Å². The van der Waals surface area contributed by atoms with Gasteiger partial charge in [0.2, 0.25) is 0 Å². The van der Waals surface area contributed by atoms with Gasteiger partial charge in [-0.3, -0.25) is 9.59 Å². The van der Waals surface area contributed by atoms with Crippen LogP contribution in [0, 0.1) is 68.5 Å². The Kier molecular flexibility index (Phi) is 6.41. The summed E-state index contributed by atoms with van der Waals surface area (Å²) in [7, 11) is 0. The molecule has 0 aromatic heterocycles. The second-order valence-corrected chi connectivity index (χ2v) is 19.3. The van der Waals surface area contributed by atoms with E-state index in [0.717, 1.165) is 51.4 Å². The van der Waals surface area contributed by atoms with Crippen molar-refractivity contribution in [3.63, 3.8) is 0 Å². The lowest BCUT2D eigenvalue weighted by Crippen LogP contribution is -2.79. The number of carbonyl (C=O) groups is 2. The minimum absolute atomic E-state index is 0.00114. The Bertz CT molecular complexity index is 1380. The van der Waals surface area contributed by atoms with Gasteiger partial charge >= 0.3 is 0 Å². The van der Waals surface area contributed by atoms with Gasteiger partial charge in [-0.1, -0.05) is 98.8 Å². The highest BCUT2D eigenvalue weighted by molar-refractivity contribution is 6.04. The van der Waals surface area contributed by atoms with Gasteiger partial charge in [0.05, 0.1) is 5.92 Å². The van der Waals surface area contributed by atoms with Crippen LogP contribution in [0.4, 0.5) is 0 Å². The molecule has 8 aliphatic rings. The first-order valence-corrected chi connectivity index (χ1v) is 18.3. The SMILES string of the molecule is CC(C)C1(O)C(=O)C2C3=C(CCC4C(C)(C)CCC[C@]34C)C1C1C(O)(C(C)C)C(=O)C=C3C21CCC1C(C)(C)CCC[C@]31C. The molecule has 0 amide bonds. The highest BCUT2D eigenvalue weighted by Crippen LogP contribution is 2.80. The van der Waals surface area contributed by atoms with Gasteiger partial charge in [0, 0.05) is 17.3 Å². The molecule has 44 heavy (non-hydrogen) atoms. The van der Waals surface area contributed by atoms with E-state index in [-0.39, 0.29) is 45.1 Å². The first-order valence-electron chi connectivity index (χ1n) is 18.3. The minimum Gasteiger partial charge on any atom is -0.381 e. The summed E-state index contributed by atoms with van der Waals surface area (Å²) in [6.07, 6.45) is 12.4. The molecule has 4 heteroatoms. The molecule has 244 valence electrons. The van der Waals surface area contributed by atoms with Gasteiger partial charge in [-0.15, -0.1) is 0 Å². The van der Waals surface area contributed by atoms with Crippen LogP contribution in [-0.2, 0) is 9.59 Å². The van der Waals surface area contributed by atoms with Gasteiger partial charge in [0.1, 0.15) is 11.2 Å². The Labute approximate surface area is 266 Å². The number of carbonyl (C=O) groups excluding carboxylic acids is 2. The smallest absolute Gasteiger partial charge is 0.187 e. The summed E-state index contributed by atoms with van der Waals surface area (Å²) in [6, 6.07) is 0. The fourth-order valence-electron chi connectivity index (χ4n) is 14.5. The lowest BCUT2D eigenvalue weighted by molar-refractivity contribution is -0.232. The molecule has 0 aromatic rings. The molecule has 0 saturated heterocycles. The maximum Gasteiger partial charge on any atom is 0.187 e. The third kappa shape index (κ3) is 3.29. The van der Waals surface area contributed by atoms with Crippen molar-refractivity contribution < 1.29 is 19.8 Å². The molecule has 10 atom stereocenters. The zero-order valence-electron chi connectivity index (χ0n) is 29.4. The van der Waals surface area contributed by atoms with Crippen molar-refractivity contribution in [1.29, 1.82) is 0 Å². The third-order valence-corrected chi connectivity index (χ3v) is 16.2. The van der Waals surface area contributed by atoms with Crippen molar-refractivity contribution in [3.8, 4) is 0 Å². The molecular formula is C40H60O4. The lowest BCUT2D eigenvalue weighted by atomic mass is 9.28. The molecular weight excluding hydrogens is 544 g/mol. The summed E-state index contributed by atoms with van der Waals surface area (Å²) in [5.41, 5.74) is -0.0457. The Hall–Kier alpha value is -1.26. The summed E-state index contributed by atoms with van der Waals surface area (Å²) >= 11 is 0. The monoisotopic (exact) mass is 604 g/mol. The molecule has 4 fully saturated rings. The number of ketones is 2. The molecule has 0 aliphatic heterocycles. The number of hydrogen-bond donors (Lipinski definition) is 2. The van der Waals surface area contributed by atoms with E-state index in [0.29, 0.717) is 11.8 Å². The average molecular weight is 605 g/mol. The van der Waals surface area contributed by atoms with Crippen LogP contribution in [0.3, 0.4) is 0 Å². The van der Waals surface area contributed by atoms with Crippen molar-refractivity contribution in [2.24, 2.45) is 68.5 Å². The van der Waals surface area contributed by atoms with Crippen LogP contribution >= 0.6 is 0 Å². The Morgan fingerprint density at radius 3 is 1.84 bits per heavy atom. The van der Waals surface area contributed by atoms with Crippen molar-refractivity contribution in [1.82, 2.24) is 0 Å². The zero-order chi connectivity index (χ0) is 32.2. The topological polar surface area (TPSA) is 74.6 Å². The van der Waals surface area contributed by atoms with Crippen molar-refractivity contribution >= 4 is 11.6 Å². The van der Waals surface area contributed by atoms with Crippen LogP contribution in [0.2, 0.25) is 0 Å². The van der Waals surface area contributed by atoms with Crippen LogP contribution in [0.15, 0.2) is 22.8 Å². The van der Waals surface area contributed by atoms with Crippen LogP contribution in [0.1, 0.15) is 133 Å². The first kappa shape index (κ1) is 31.3. The fraction of sp³-hybridized carbons (Fsp3) is 0.850. The molecule has 2 N–H and O–H groups in total. The van der Waals surface area contributed by atoms with E-state index in [9.17, 15) is 15.0 Å². The molecule has 4 saturated carbocycles. The molecule has 2 bridgehead atoms. The van der Waals surface area contributed by atoms with E-state index >= 15 is 4.79 Å². The second kappa shape index (κ2) is 9.00. The third-order valence-electron chi connectivity index (χ3n) is 16.2. The number of allylic oxidation sites excluding steroid dienone is 2. The molecule has 8 rings (SSSR count). The predicted molar refractivity (Wildman–Crippen MR) is 175 cm³/mol. The maximum absolute atomic E-state index is 15.5. The summed E-state index contributed by atoms with van der Waals surface area (Å²) in [5.74, 6) is -1.39. The van der Waals surface area contributed by atoms with Crippen LogP contribution in [-0.4, -0.2) is 33.0 Å². The van der Waals surface area contributed by atoms with Crippen molar-refractivity contribution in [3.05, 3.63) is 22.8 Å². The normalized spacial score (nSPS) is 50.5. The molecule has 4 nitrogen and oxygen atoms in total. The van der Waals surface area contributed by atoms with Gasteiger partial charge in [0.25, 0.3) is 0 Å². The number of aliphatic hydroxyl groups is 2. The van der Waals surface area contributed by atoms with Gasteiger partial charge in [-0.25, -0.2) is 0 Å². The molecule has 8 aliphatic carbocycles. The number of hydrogen-bond acceptors (Lipinski definition) is 4. The van der Waals surface area contributed by atoms with Crippen molar-refractivity contribution in [2.45, 2.75) is 145 Å². The van der Waals surface area contributed by atoms with Crippen molar-refractivity contribution in [2.75, 3.05) is 0 Å². The zero-order valence-corrected chi connectivity index (χ0v) is 29.4. The van der Waals surface area contributed by atoms with E-state index in [1.165, 1.54) is 29.6 Å². The molecule has 1 spiro atoms. The lowest BCUT2D eigenvalue weighted by Gasteiger charge is -2.75. The van der Waals surface area contributed by atoms with Gasteiger partial charge in [-0.2, -0.15) is 0 Å². The Balaban J connectivity index is 1.58. The predicted octanol–water partition coefficient (Wildman–Crippen LogP) is 8.25. The summed E-state index contributed by atoms with van der Waals surface area (Å²) < 4.78 is 0. The van der Waals surface area contributed by atoms with Crippen LogP contribution in [0.25, 0.3) is 0 Å². The number of Topliss-reactive ketones (excluding diaryl/α,β-unsaturated/α-hetero) is 1. The summed E-state index contributed by atoms with van der Waals surface area (Å²) in [4.78, 5) is 30.1. The number of fused-ring (bicyclic) bond motifs is 4. The van der Waals surface area contributed by atoms with E-state index in [4.69, 9.17) is 0 Å².